The number of aromatic nitrogens is 3. The third-order valence-electron chi connectivity index (χ3n) is 6.51. The quantitative estimate of drug-likeness (QED) is 0.454. The molecule has 1 saturated carbocycles. The Balaban J connectivity index is 1.57. The number of amides is 2. The van der Waals surface area contributed by atoms with E-state index in [9.17, 15) is 19.5 Å². The number of aryl methyl sites for hydroxylation is 1. The van der Waals surface area contributed by atoms with Crippen LogP contribution >= 0.6 is 15.9 Å². The van der Waals surface area contributed by atoms with Crippen molar-refractivity contribution in [2.75, 3.05) is 11.4 Å². The van der Waals surface area contributed by atoms with Gasteiger partial charge in [0.25, 0.3) is 17.4 Å². The summed E-state index contributed by atoms with van der Waals surface area (Å²) >= 11 is 3.47. The first-order valence-corrected chi connectivity index (χ1v) is 12.9. The minimum Gasteiger partial charge on any atom is -0.494 e. The molecule has 9 nitrogen and oxygen atoms in total. The number of hydrogen-bond acceptors (Lipinski definition) is 5. The molecule has 1 fully saturated rings. The molecule has 0 saturated heterocycles. The van der Waals surface area contributed by atoms with Crippen LogP contribution in [0.25, 0.3) is 11.7 Å². The highest BCUT2D eigenvalue weighted by atomic mass is 79.9. The molecule has 2 N–H and O–H groups in total. The van der Waals surface area contributed by atoms with Crippen LogP contribution in [0.4, 0.5) is 5.69 Å². The van der Waals surface area contributed by atoms with Gasteiger partial charge in [0, 0.05) is 40.9 Å². The number of carbonyl (C=O) groups excluding carboxylic acids is 2. The molecular weight excluding hydrogens is 526 g/mol. The molecule has 1 aliphatic carbocycles. The van der Waals surface area contributed by atoms with Gasteiger partial charge >= 0.3 is 0 Å². The van der Waals surface area contributed by atoms with Gasteiger partial charge in [-0.3, -0.25) is 19.0 Å². The second kappa shape index (κ2) is 9.24. The third-order valence-corrected chi connectivity index (χ3v) is 7.00. The lowest BCUT2D eigenvalue weighted by atomic mass is 10.1. The fraction of sp³-hybridized carbons (Fsp3) is 0.385. The van der Waals surface area contributed by atoms with E-state index in [2.05, 4.69) is 26.3 Å². The SMILES string of the molecule is Cc1nn2c(=O)c(C(=O)NC3CC3)c(O)n(CC(C)C)c2c1C=CC(=O)N1CCc2cc(Br)ccc21. The van der Waals surface area contributed by atoms with E-state index in [0.29, 0.717) is 30.0 Å². The molecule has 2 amide bonds. The number of fused-ring (bicyclic) bond motifs is 2. The maximum atomic E-state index is 13.3. The Morgan fingerprint density at radius 1 is 1.31 bits per heavy atom. The van der Waals surface area contributed by atoms with Gasteiger partial charge in [-0.15, -0.1) is 0 Å². The molecule has 0 atom stereocenters. The Kier molecular flexibility index (Phi) is 6.23. The maximum Gasteiger partial charge on any atom is 0.291 e. The Morgan fingerprint density at radius 2 is 2.06 bits per heavy atom. The van der Waals surface area contributed by atoms with Crippen molar-refractivity contribution in [3.63, 3.8) is 0 Å². The van der Waals surface area contributed by atoms with Gasteiger partial charge in [0.1, 0.15) is 5.65 Å². The summed E-state index contributed by atoms with van der Waals surface area (Å²) in [6.45, 7) is 6.63. The molecule has 0 unspecified atom stereocenters. The smallest absolute Gasteiger partial charge is 0.291 e. The molecule has 1 aliphatic heterocycles. The summed E-state index contributed by atoms with van der Waals surface area (Å²) in [6, 6.07) is 5.89. The highest BCUT2D eigenvalue weighted by Crippen LogP contribution is 2.31. The number of carbonyl (C=O) groups is 2. The molecule has 2 aliphatic rings. The monoisotopic (exact) mass is 553 g/mol. The molecule has 0 bridgehead atoms. The molecule has 3 heterocycles. The van der Waals surface area contributed by atoms with Gasteiger partial charge in [0.2, 0.25) is 5.88 Å². The Hall–Kier alpha value is -3.40. The molecule has 188 valence electrons. The van der Waals surface area contributed by atoms with Crippen molar-refractivity contribution in [2.24, 2.45) is 5.92 Å². The number of anilines is 1. The first kappa shape index (κ1) is 24.3. The number of rotatable bonds is 6. The van der Waals surface area contributed by atoms with E-state index in [1.54, 1.807) is 22.5 Å². The molecule has 10 heteroatoms. The lowest BCUT2D eigenvalue weighted by Crippen LogP contribution is -2.34. The topological polar surface area (TPSA) is 109 Å². The van der Waals surface area contributed by atoms with E-state index in [1.165, 1.54) is 6.08 Å². The second-order valence-corrected chi connectivity index (χ2v) is 10.8. The van der Waals surface area contributed by atoms with Gasteiger partial charge in [-0.25, -0.2) is 0 Å². The first-order chi connectivity index (χ1) is 17.2. The number of nitrogens with one attached hydrogen (secondary N) is 1. The van der Waals surface area contributed by atoms with E-state index in [0.717, 1.165) is 39.5 Å². The van der Waals surface area contributed by atoms with Crippen molar-refractivity contribution in [1.29, 1.82) is 0 Å². The van der Waals surface area contributed by atoms with Crippen LogP contribution in [0.3, 0.4) is 0 Å². The zero-order chi connectivity index (χ0) is 25.7. The Bertz CT molecular complexity index is 1480. The highest BCUT2D eigenvalue weighted by Gasteiger charge is 2.30. The van der Waals surface area contributed by atoms with Gasteiger partial charge in [-0.1, -0.05) is 29.8 Å². The van der Waals surface area contributed by atoms with Crippen molar-refractivity contribution < 1.29 is 14.7 Å². The summed E-state index contributed by atoms with van der Waals surface area (Å²) in [4.78, 5) is 40.9. The molecule has 3 aromatic rings. The van der Waals surface area contributed by atoms with Crippen LogP contribution in [0, 0.1) is 12.8 Å². The summed E-state index contributed by atoms with van der Waals surface area (Å²) in [5.41, 5.74) is 2.38. The van der Waals surface area contributed by atoms with Gasteiger partial charge in [0.05, 0.1) is 5.69 Å². The van der Waals surface area contributed by atoms with Crippen LogP contribution in [0.5, 0.6) is 5.88 Å². The van der Waals surface area contributed by atoms with E-state index in [-0.39, 0.29) is 29.3 Å². The minimum absolute atomic E-state index is 0.0336. The van der Waals surface area contributed by atoms with Crippen molar-refractivity contribution in [3.05, 3.63) is 61.5 Å². The predicted octanol–water partition coefficient (Wildman–Crippen LogP) is 3.42. The lowest BCUT2D eigenvalue weighted by Gasteiger charge is -2.17. The van der Waals surface area contributed by atoms with Gasteiger partial charge in [-0.05, 0) is 61.9 Å². The van der Waals surface area contributed by atoms with Crippen molar-refractivity contribution >= 4 is 45.2 Å². The Morgan fingerprint density at radius 3 is 2.75 bits per heavy atom. The van der Waals surface area contributed by atoms with Crippen LogP contribution in [0.2, 0.25) is 0 Å². The minimum atomic E-state index is -0.686. The van der Waals surface area contributed by atoms with E-state index >= 15 is 0 Å². The zero-order valence-electron chi connectivity index (χ0n) is 20.4. The number of hydrogen-bond donors (Lipinski definition) is 2. The van der Waals surface area contributed by atoms with Gasteiger partial charge in [0.15, 0.2) is 5.56 Å². The van der Waals surface area contributed by atoms with Gasteiger partial charge < -0.3 is 15.3 Å². The fourth-order valence-corrected chi connectivity index (χ4v) is 5.03. The van der Waals surface area contributed by atoms with Crippen LogP contribution in [-0.2, 0) is 17.8 Å². The van der Waals surface area contributed by atoms with Crippen molar-refractivity contribution in [1.82, 2.24) is 19.5 Å². The van der Waals surface area contributed by atoms with Crippen LogP contribution < -0.4 is 15.8 Å². The largest absolute Gasteiger partial charge is 0.494 e. The summed E-state index contributed by atoms with van der Waals surface area (Å²) < 4.78 is 3.67. The first-order valence-electron chi connectivity index (χ1n) is 12.1. The van der Waals surface area contributed by atoms with E-state index in [4.69, 9.17) is 0 Å². The number of aromatic hydroxyl groups is 1. The lowest BCUT2D eigenvalue weighted by molar-refractivity contribution is -0.114. The zero-order valence-corrected chi connectivity index (χ0v) is 22.0. The number of benzene rings is 1. The predicted molar refractivity (Wildman–Crippen MR) is 140 cm³/mol. The average Bonchev–Trinajstić information content (AvgIpc) is 3.42. The molecule has 1 aromatic carbocycles. The van der Waals surface area contributed by atoms with Crippen LogP contribution in [0.1, 0.15) is 53.9 Å². The van der Waals surface area contributed by atoms with Crippen LogP contribution in [-0.4, -0.2) is 43.7 Å². The van der Waals surface area contributed by atoms with Crippen molar-refractivity contribution in [2.45, 2.75) is 52.6 Å². The molecule has 0 radical (unpaired) electrons. The number of nitrogens with zero attached hydrogens (tertiary/aromatic N) is 4. The maximum absolute atomic E-state index is 13.3. The summed E-state index contributed by atoms with van der Waals surface area (Å²) in [5.74, 6) is -1.06. The normalized spacial score (nSPS) is 15.3. The van der Waals surface area contributed by atoms with Crippen molar-refractivity contribution in [3.8, 4) is 5.88 Å². The molecule has 36 heavy (non-hydrogen) atoms. The molecular formula is C26H28BrN5O4. The average molecular weight is 554 g/mol. The number of halogens is 1. The van der Waals surface area contributed by atoms with E-state index < -0.39 is 11.5 Å². The fourth-order valence-electron chi connectivity index (χ4n) is 4.63. The second-order valence-electron chi connectivity index (χ2n) is 9.84. The summed E-state index contributed by atoms with van der Waals surface area (Å²) in [5, 5.41) is 18.3. The molecule has 2 aromatic heterocycles. The Labute approximate surface area is 216 Å². The van der Waals surface area contributed by atoms with Gasteiger partial charge in [-0.2, -0.15) is 9.61 Å². The highest BCUT2D eigenvalue weighted by molar-refractivity contribution is 9.10. The van der Waals surface area contributed by atoms with Crippen LogP contribution in [0.15, 0.2) is 33.5 Å². The summed E-state index contributed by atoms with van der Waals surface area (Å²) in [6.07, 6.45) is 5.60. The standard InChI is InChI=1S/C26H28BrN5O4/c1-14(2)13-31-24-19(7-9-21(33)30-11-10-16-12-17(27)4-8-20(16)30)15(3)29-32(24)26(36)22(25(31)35)23(34)28-18-5-6-18/h4,7-9,12,14,18,35H,5-6,10-11,13H2,1-3H3,(H,28,34). The van der Waals surface area contributed by atoms with E-state index in [1.807, 2.05) is 32.0 Å². The third kappa shape index (κ3) is 4.34. The molecule has 0 spiro atoms. The summed E-state index contributed by atoms with van der Waals surface area (Å²) in [7, 11) is 0. The molecule has 5 rings (SSSR count).